The van der Waals surface area contributed by atoms with E-state index in [1.807, 2.05) is 36.4 Å². The fraction of sp³-hybridized carbons (Fsp3) is 0.452. The Balaban J connectivity index is 1.03. The Bertz CT molecular complexity index is 1470. The fourth-order valence-electron chi connectivity index (χ4n) is 6.04. The molecule has 0 radical (unpaired) electrons. The number of hydrogen-bond donors (Lipinski definition) is 3. The molecule has 4 aromatic rings. The molecule has 2 aromatic carbocycles. The summed E-state index contributed by atoms with van der Waals surface area (Å²) in [4.78, 5) is 21.4. The van der Waals surface area contributed by atoms with Crippen LogP contribution in [0.1, 0.15) is 48.7 Å². The predicted molar refractivity (Wildman–Crippen MR) is 157 cm³/mol. The van der Waals surface area contributed by atoms with Crippen LogP contribution < -0.4 is 10.1 Å². The lowest BCUT2D eigenvalue weighted by Crippen LogP contribution is -2.50. The number of aliphatic hydroxyl groups is 1. The van der Waals surface area contributed by atoms with E-state index in [1.165, 1.54) is 0 Å². The van der Waals surface area contributed by atoms with E-state index in [4.69, 9.17) is 20.8 Å². The molecule has 2 aromatic heterocycles. The molecule has 3 N–H and O–H groups in total. The van der Waals surface area contributed by atoms with Gasteiger partial charge in [-0.25, -0.2) is 0 Å². The molecule has 2 aliphatic heterocycles. The zero-order chi connectivity index (χ0) is 27.6. The minimum atomic E-state index is -0.137. The SMILES string of the molecule is CC(CN1CCC(NC(=O)c2cc3c(OCc4coc5cc(Cl)ccc45)cccc3[nH]2)CC1)N1CCC(O)CC1. The maximum Gasteiger partial charge on any atom is 0.267 e. The zero-order valence-corrected chi connectivity index (χ0v) is 23.6. The molecule has 40 heavy (non-hydrogen) atoms. The van der Waals surface area contributed by atoms with E-state index in [1.54, 1.807) is 12.3 Å². The van der Waals surface area contributed by atoms with Gasteiger partial charge in [-0.05, 0) is 69.0 Å². The van der Waals surface area contributed by atoms with Crippen molar-refractivity contribution in [2.75, 3.05) is 32.7 Å². The van der Waals surface area contributed by atoms with Crippen LogP contribution in [0.25, 0.3) is 21.9 Å². The Morgan fingerprint density at radius 1 is 1.12 bits per heavy atom. The Hall–Kier alpha value is -3.04. The number of likely N-dealkylation sites (tertiary alicyclic amines) is 2. The van der Waals surface area contributed by atoms with Crippen LogP contribution >= 0.6 is 11.6 Å². The Morgan fingerprint density at radius 2 is 1.93 bits per heavy atom. The lowest BCUT2D eigenvalue weighted by molar-refractivity contribution is 0.0497. The molecule has 9 heteroatoms. The average molecular weight is 565 g/mol. The van der Waals surface area contributed by atoms with Gasteiger partial charge in [0.15, 0.2) is 0 Å². The van der Waals surface area contributed by atoms with Gasteiger partial charge in [0.1, 0.15) is 23.6 Å². The second-order valence-electron chi connectivity index (χ2n) is 11.3. The summed E-state index contributed by atoms with van der Waals surface area (Å²) in [6.07, 6.45) is 5.18. The number of amides is 1. The van der Waals surface area contributed by atoms with Crippen molar-refractivity contribution < 1.29 is 19.1 Å². The van der Waals surface area contributed by atoms with Crippen molar-refractivity contribution in [2.45, 2.75) is 57.4 Å². The van der Waals surface area contributed by atoms with Crippen LogP contribution in [-0.4, -0.2) is 76.7 Å². The van der Waals surface area contributed by atoms with Crippen molar-refractivity contribution in [3.05, 3.63) is 65.0 Å². The fourth-order valence-corrected chi connectivity index (χ4v) is 6.20. The molecule has 6 rings (SSSR count). The Labute approximate surface area is 239 Å². The maximum atomic E-state index is 13.2. The molecule has 2 aliphatic rings. The summed E-state index contributed by atoms with van der Waals surface area (Å²) in [7, 11) is 0. The van der Waals surface area contributed by atoms with Gasteiger partial charge in [0.25, 0.3) is 5.91 Å². The lowest BCUT2D eigenvalue weighted by Gasteiger charge is -2.39. The molecule has 0 bridgehead atoms. The first-order chi connectivity index (χ1) is 19.4. The smallest absolute Gasteiger partial charge is 0.267 e. The molecule has 0 aliphatic carbocycles. The highest BCUT2D eigenvalue weighted by atomic mass is 35.5. The first-order valence-corrected chi connectivity index (χ1v) is 14.7. The highest BCUT2D eigenvalue weighted by Crippen LogP contribution is 2.30. The molecule has 1 amide bonds. The molecule has 8 nitrogen and oxygen atoms in total. The highest BCUT2D eigenvalue weighted by molar-refractivity contribution is 6.31. The van der Waals surface area contributed by atoms with Gasteiger partial charge in [0.05, 0.1) is 12.4 Å². The van der Waals surface area contributed by atoms with Gasteiger partial charge in [-0.15, -0.1) is 0 Å². The van der Waals surface area contributed by atoms with E-state index >= 15 is 0 Å². The molecule has 2 saturated heterocycles. The number of ether oxygens (including phenoxy) is 1. The molecule has 0 saturated carbocycles. The second-order valence-corrected chi connectivity index (χ2v) is 11.7. The van der Waals surface area contributed by atoms with Crippen LogP contribution in [0.4, 0.5) is 0 Å². The van der Waals surface area contributed by atoms with Gasteiger partial charge in [-0.3, -0.25) is 9.69 Å². The molecule has 1 unspecified atom stereocenters. The number of halogens is 1. The van der Waals surface area contributed by atoms with Crippen LogP contribution in [-0.2, 0) is 6.61 Å². The number of piperidine rings is 2. The van der Waals surface area contributed by atoms with Gasteiger partial charge in [0.2, 0.25) is 0 Å². The summed E-state index contributed by atoms with van der Waals surface area (Å²) in [6, 6.07) is 13.9. The predicted octanol–water partition coefficient (Wildman–Crippen LogP) is 5.19. The van der Waals surface area contributed by atoms with Crippen molar-refractivity contribution in [1.82, 2.24) is 20.1 Å². The van der Waals surface area contributed by atoms with E-state index < -0.39 is 0 Å². The summed E-state index contributed by atoms with van der Waals surface area (Å²) in [5.41, 5.74) is 3.07. The van der Waals surface area contributed by atoms with Crippen LogP contribution in [0.5, 0.6) is 5.75 Å². The molecule has 212 valence electrons. The summed E-state index contributed by atoms with van der Waals surface area (Å²) in [5.74, 6) is 0.625. The third-order valence-electron chi connectivity index (χ3n) is 8.44. The molecule has 0 spiro atoms. The third-order valence-corrected chi connectivity index (χ3v) is 8.67. The van der Waals surface area contributed by atoms with Crippen LogP contribution in [0.2, 0.25) is 5.02 Å². The van der Waals surface area contributed by atoms with Crippen molar-refractivity contribution >= 4 is 39.4 Å². The molecular weight excluding hydrogens is 528 g/mol. The van der Waals surface area contributed by atoms with Crippen LogP contribution in [0.15, 0.2) is 53.1 Å². The number of nitrogens with one attached hydrogen (secondary N) is 2. The van der Waals surface area contributed by atoms with Gasteiger partial charge in [0, 0.05) is 71.7 Å². The topological polar surface area (TPSA) is 94.0 Å². The number of hydrogen-bond acceptors (Lipinski definition) is 6. The number of H-pyrrole nitrogens is 1. The lowest BCUT2D eigenvalue weighted by atomic mass is 10.0. The number of nitrogens with zero attached hydrogens (tertiary/aromatic N) is 2. The number of fused-ring (bicyclic) bond motifs is 2. The van der Waals surface area contributed by atoms with E-state index in [0.717, 1.165) is 85.8 Å². The monoisotopic (exact) mass is 564 g/mol. The number of carbonyl (C=O) groups is 1. The zero-order valence-electron chi connectivity index (χ0n) is 22.9. The largest absolute Gasteiger partial charge is 0.488 e. The van der Waals surface area contributed by atoms with Crippen molar-refractivity contribution in [3.8, 4) is 5.75 Å². The first kappa shape index (κ1) is 27.1. The number of aromatic nitrogens is 1. The van der Waals surface area contributed by atoms with Gasteiger partial charge >= 0.3 is 0 Å². The Morgan fingerprint density at radius 3 is 2.73 bits per heavy atom. The van der Waals surface area contributed by atoms with E-state index in [0.29, 0.717) is 29.1 Å². The highest BCUT2D eigenvalue weighted by Gasteiger charge is 2.26. The number of carbonyl (C=O) groups excluding carboxylic acids is 1. The van der Waals surface area contributed by atoms with Gasteiger partial charge in [-0.1, -0.05) is 17.7 Å². The molecule has 1 atom stereocenters. The summed E-state index contributed by atoms with van der Waals surface area (Å²) < 4.78 is 11.8. The summed E-state index contributed by atoms with van der Waals surface area (Å²) in [5, 5.41) is 15.5. The number of furan rings is 1. The second kappa shape index (κ2) is 11.8. The standard InChI is InChI=1S/C31H37ClN4O4/c1-20(36-13-9-24(37)10-14-36)17-35-11-7-23(8-12-35)33-31(38)28-16-26-27(34-28)3-2-4-29(26)39-18-21-19-40-30-15-22(32)5-6-25(21)30/h2-6,15-16,19-20,23-24,34,37H,7-14,17-18H2,1H3,(H,33,38). The summed E-state index contributed by atoms with van der Waals surface area (Å²) >= 11 is 6.07. The number of rotatable bonds is 8. The minimum Gasteiger partial charge on any atom is -0.488 e. The Kier molecular flexibility index (Phi) is 8.03. The van der Waals surface area contributed by atoms with Gasteiger partial charge < -0.3 is 29.5 Å². The van der Waals surface area contributed by atoms with Crippen LogP contribution in [0.3, 0.4) is 0 Å². The molecular formula is C31H37ClN4O4. The van der Waals surface area contributed by atoms with Crippen molar-refractivity contribution in [3.63, 3.8) is 0 Å². The number of aliphatic hydroxyl groups excluding tert-OH is 1. The van der Waals surface area contributed by atoms with Gasteiger partial charge in [-0.2, -0.15) is 0 Å². The number of benzene rings is 2. The first-order valence-electron chi connectivity index (χ1n) is 14.3. The van der Waals surface area contributed by atoms with E-state index in [2.05, 4.69) is 27.0 Å². The quantitative estimate of drug-likeness (QED) is 0.273. The normalized spacial score (nSPS) is 18.9. The van der Waals surface area contributed by atoms with Crippen LogP contribution in [0, 0.1) is 0 Å². The molecule has 4 heterocycles. The van der Waals surface area contributed by atoms with Crippen molar-refractivity contribution in [2.24, 2.45) is 0 Å². The number of aromatic amines is 1. The third kappa shape index (κ3) is 6.00. The van der Waals surface area contributed by atoms with Crippen molar-refractivity contribution in [1.29, 1.82) is 0 Å². The van der Waals surface area contributed by atoms with E-state index in [-0.39, 0.29) is 18.1 Å². The minimum absolute atomic E-state index is 0.0847. The summed E-state index contributed by atoms with van der Waals surface area (Å²) in [6.45, 7) is 7.56. The maximum absolute atomic E-state index is 13.2. The van der Waals surface area contributed by atoms with E-state index in [9.17, 15) is 9.90 Å². The average Bonchev–Trinajstić information content (AvgIpc) is 3.57. The molecule has 2 fully saturated rings.